The van der Waals surface area contributed by atoms with Gasteiger partial charge >= 0.3 is 0 Å². The highest BCUT2D eigenvalue weighted by Gasteiger charge is 2.28. The number of nitrogens with zero attached hydrogens (tertiary/aromatic N) is 5. The van der Waals surface area contributed by atoms with E-state index in [-0.39, 0.29) is 0 Å². The molecule has 0 radical (unpaired) electrons. The number of para-hydroxylation sites is 3. The van der Waals surface area contributed by atoms with Gasteiger partial charge in [0.1, 0.15) is 0 Å². The summed E-state index contributed by atoms with van der Waals surface area (Å²) >= 11 is 1.77. The maximum absolute atomic E-state index is 5.79. The highest BCUT2D eigenvalue weighted by atomic mass is 32.1. The number of rotatable bonds is 2. The molecule has 6 aromatic heterocycles. The van der Waals surface area contributed by atoms with E-state index in [1.54, 1.807) is 11.3 Å². The van der Waals surface area contributed by atoms with Crippen molar-refractivity contribution in [2.75, 3.05) is 0 Å². The van der Waals surface area contributed by atoms with Crippen LogP contribution in [0.15, 0.2) is 176 Å². The molecule has 9 aromatic carbocycles. The van der Waals surface area contributed by atoms with Gasteiger partial charge in [-0.25, -0.2) is 4.98 Å². The normalized spacial score (nSPS) is 12.7. The standard InChI is InChI=1S/C54H29N5S/c1-3-15-32-30(13-1)26-28-44-46(32)36-18-6-10-22-42(36)57(44)53-52-48(38-20-8-12-24-45(38)60-52)55-54(56-53)59-41-21-9-5-17-34(41)39-29-40-35-27-25-31-14-2-4-16-33(31)49(35)58-43-23-11-7-19-37(43)47(50(40)58)51(39)59/h1-29H. The third-order valence-corrected chi connectivity index (χ3v) is 14.3. The second-order valence-corrected chi connectivity index (χ2v) is 17.1. The van der Waals surface area contributed by atoms with Crippen molar-refractivity contribution < 1.29 is 0 Å². The molecule has 0 saturated heterocycles. The van der Waals surface area contributed by atoms with Crippen molar-refractivity contribution in [3.8, 4) is 11.8 Å². The number of benzene rings is 9. The Morgan fingerprint density at radius 1 is 0.367 bits per heavy atom. The molecule has 0 saturated carbocycles. The van der Waals surface area contributed by atoms with Gasteiger partial charge in [-0.15, -0.1) is 11.3 Å². The number of hydrogen-bond acceptors (Lipinski definition) is 3. The summed E-state index contributed by atoms with van der Waals surface area (Å²) in [4.78, 5) is 11.4. The van der Waals surface area contributed by atoms with Gasteiger partial charge in [0, 0.05) is 58.6 Å². The predicted molar refractivity (Wildman–Crippen MR) is 253 cm³/mol. The summed E-state index contributed by atoms with van der Waals surface area (Å²) in [6.45, 7) is 0. The first-order chi connectivity index (χ1) is 29.8. The number of hydrogen-bond donors (Lipinski definition) is 0. The Morgan fingerprint density at radius 2 is 0.967 bits per heavy atom. The lowest BCUT2D eigenvalue weighted by Crippen LogP contribution is -2.06. The zero-order chi connectivity index (χ0) is 38.8. The fraction of sp³-hybridized carbons (Fsp3) is 0. The molecule has 60 heavy (non-hydrogen) atoms. The second-order valence-electron chi connectivity index (χ2n) is 16.1. The summed E-state index contributed by atoms with van der Waals surface area (Å²) in [6.07, 6.45) is 0. The van der Waals surface area contributed by atoms with E-state index in [0.717, 1.165) is 43.5 Å². The summed E-state index contributed by atoms with van der Waals surface area (Å²) < 4.78 is 9.54. The van der Waals surface area contributed by atoms with Gasteiger partial charge in [-0.2, -0.15) is 4.98 Å². The van der Waals surface area contributed by atoms with Crippen LogP contribution in [0.4, 0.5) is 0 Å². The van der Waals surface area contributed by atoms with Crippen molar-refractivity contribution in [3.05, 3.63) is 176 Å². The molecule has 276 valence electrons. The van der Waals surface area contributed by atoms with Crippen LogP contribution in [0.1, 0.15) is 0 Å². The highest BCUT2D eigenvalue weighted by molar-refractivity contribution is 7.26. The Bertz CT molecular complexity index is 4370. The molecular weight excluding hydrogens is 751 g/mol. The van der Waals surface area contributed by atoms with Gasteiger partial charge in [0.2, 0.25) is 5.95 Å². The number of fused-ring (bicyclic) bond motifs is 20. The molecule has 6 heteroatoms. The van der Waals surface area contributed by atoms with Gasteiger partial charge in [0.15, 0.2) is 5.82 Å². The number of aromatic nitrogens is 5. The molecule has 0 atom stereocenters. The van der Waals surface area contributed by atoms with E-state index in [9.17, 15) is 0 Å². The van der Waals surface area contributed by atoms with Crippen LogP contribution in [0.25, 0.3) is 135 Å². The van der Waals surface area contributed by atoms with Crippen molar-refractivity contribution in [2.45, 2.75) is 0 Å². The quantitative estimate of drug-likeness (QED) is 0.175. The van der Waals surface area contributed by atoms with Gasteiger partial charge in [-0.05, 0) is 52.6 Å². The third-order valence-electron chi connectivity index (χ3n) is 13.1. The smallest absolute Gasteiger partial charge is 0.237 e. The van der Waals surface area contributed by atoms with Crippen molar-refractivity contribution in [3.63, 3.8) is 0 Å². The van der Waals surface area contributed by atoms with Crippen LogP contribution in [0.5, 0.6) is 0 Å². The van der Waals surface area contributed by atoms with Gasteiger partial charge in [0.25, 0.3) is 0 Å². The van der Waals surface area contributed by atoms with Crippen molar-refractivity contribution in [1.82, 2.24) is 23.5 Å². The monoisotopic (exact) mass is 779 g/mol. The van der Waals surface area contributed by atoms with Gasteiger partial charge in [0.05, 0.1) is 48.8 Å². The van der Waals surface area contributed by atoms with E-state index in [1.807, 2.05) is 0 Å². The molecular formula is C54H29N5S. The summed E-state index contributed by atoms with van der Waals surface area (Å²) in [5.74, 6) is 1.55. The molecule has 0 N–H and O–H groups in total. The van der Waals surface area contributed by atoms with Crippen LogP contribution in [0, 0.1) is 0 Å². The first kappa shape index (κ1) is 31.2. The fourth-order valence-corrected chi connectivity index (χ4v) is 11.9. The first-order valence-electron chi connectivity index (χ1n) is 20.4. The molecule has 15 rings (SSSR count). The third kappa shape index (κ3) is 3.74. The van der Waals surface area contributed by atoms with E-state index in [0.29, 0.717) is 5.95 Å². The molecule has 6 heterocycles. The molecule has 0 bridgehead atoms. The molecule has 0 aliphatic rings. The van der Waals surface area contributed by atoms with Crippen molar-refractivity contribution in [2.24, 2.45) is 0 Å². The minimum Gasteiger partial charge on any atom is -0.307 e. The predicted octanol–water partition coefficient (Wildman–Crippen LogP) is 14.5. The second kappa shape index (κ2) is 11.0. The largest absolute Gasteiger partial charge is 0.307 e. The summed E-state index contributed by atoms with van der Waals surface area (Å²) in [7, 11) is 0. The average Bonchev–Trinajstić information content (AvgIpc) is 4.10. The lowest BCUT2D eigenvalue weighted by atomic mass is 10.0. The van der Waals surface area contributed by atoms with E-state index >= 15 is 0 Å². The topological polar surface area (TPSA) is 40.0 Å². The van der Waals surface area contributed by atoms with Crippen LogP contribution >= 0.6 is 11.3 Å². The van der Waals surface area contributed by atoms with Gasteiger partial charge in [-0.3, -0.25) is 9.13 Å². The Morgan fingerprint density at radius 3 is 1.78 bits per heavy atom. The summed E-state index contributed by atoms with van der Waals surface area (Å²) in [5, 5.41) is 15.9. The van der Waals surface area contributed by atoms with E-state index < -0.39 is 0 Å². The Hall–Kier alpha value is -7.80. The molecule has 0 unspecified atom stereocenters. The summed E-state index contributed by atoms with van der Waals surface area (Å²) in [6, 6.07) is 64.2. The molecule has 0 amide bonds. The van der Waals surface area contributed by atoms with E-state index in [2.05, 4.69) is 189 Å². The lowest BCUT2D eigenvalue weighted by Gasteiger charge is -2.13. The molecule has 0 fully saturated rings. The zero-order valence-corrected chi connectivity index (χ0v) is 32.7. The SMILES string of the molecule is c1ccc2c(c1)ccc1c2c2ccccc2n1-c1nc(-n2c3ccccc3c3cc4c5ccc6ccccc6c5n5c6ccccc6c(c32)c45)nc2c1sc1ccccc12. The minimum absolute atomic E-state index is 0.659. The van der Waals surface area contributed by atoms with Crippen LogP contribution in [0.2, 0.25) is 0 Å². The van der Waals surface area contributed by atoms with Crippen LogP contribution in [-0.4, -0.2) is 23.5 Å². The molecule has 15 aromatic rings. The van der Waals surface area contributed by atoms with Crippen LogP contribution in [0.3, 0.4) is 0 Å². The Labute approximate surface area is 344 Å². The Kier molecular flexibility index (Phi) is 5.74. The molecule has 0 aliphatic heterocycles. The summed E-state index contributed by atoms with van der Waals surface area (Å²) in [5.41, 5.74) is 9.11. The Balaban J connectivity index is 1.16. The van der Waals surface area contributed by atoms with E-state index in [4.69, 9.17) is 9.97 Å². The minimum atomic E-state index is 0.659. The van der Waals surface area contributed by atoms with Crippen LogP contribution in [-0.2, 0) is 0 Å². The van der Waals surface area contributed by atoms with Gasteiger partial charge < -0.3 is 4.40 Å². The van der Waals surface area contributed by atoms with Crippen molar-refractivity contribution >= 4 is 135 Å². The highest BCUT2D eigenvalue weighted by Crippen LogP contribution is 2.48. The van der Waals surface area contributed by atoms with Gasteiger partial charge in [-0.1, -0.05) is 140 Å². The maximum Gasteiger partial charge on any atom is 0.237 e. The maximum atomic E-state index is 5.79. The zero-order valence-electron chi connectivity index (χ0n) is 31.9. The van der Waals surface area contributed by atoms with E-state index in [1.165, 1.54) is 85.9 Å². The average molecular weight is 780 g/mol. The molecule has 0 aliphatic carbocycles. The first-order valence-corrected chi connectivity index (χ1v) is 21.2. The molecule has 0 spiro atoms. The molecule has 5 nitrogen and oxygen atoms in total. The lowest BCUT2D eigenvalue weighted by molar-refractivity contribution is 0.978. The van der Waals surface area contributed by atoms with Crippen LogP contribution < -0.4 is 0 Å². The van der Waals surface area contributed by atoms with Crippen molar-refractivity contribution in [1.29, 1.82) is 0 Å². The number of thiophene rings is 1. The fourth-order valence-electron chi connectivity index (χ4n) is 10.7.